The van der Waals surface area contributed by atoms with Crippen molar-refractivity contribution >= 4 is 29.1 Å². The van der Waals surface area contributed by atoms with Crippen molar-refractivity contribution in [2.24, 2.45) is 0 Å². The topological polar surface area (TPSA) is 54.9 Å². The summed E-state index contributed by atoms with van der Waals surface area (Å²) in [5.41, 5.74) is -0.412. The van der Waals surface area contributed by atoms with Gasteiger partial charge in [-0.3, -0.25) is 4.79 Å². The highest BCUT2D eigenvalue weighted by Crippen LogP contribution is 2.45. The van der Waals surface area contributed by atoms with Crippen molar-refractivity contribution in [1.82, 2.24) is 15.3 Å². The number of carbonyl (C=O) groups is 1. The molecule has 0 spiro atoms. The summed E-state index contributed by atoms with van der Waals surface area (Å²) in [6.45, 7) is -0.0130. The highest BCUT2D eigenvalue weighted by Gasteiger charge is 2.45. The predicted molar refractivity (Wildman–Crippen MR) is 101 cm³/mol. The molecular formula is C19H17Cl2F4N3O. The third kappa shape index (κ3) is 4.80. The fourth-order valence-corrected chi connectivity index (χ4v) is 4.01. The van der Waals surface area contributed by atoms with Gasteiger partial charge in [0.05, 0.1) is 15.6 Å². The number of aromatic nitrogens is 2. The summed E-state index contributed by atoms with van der Waals surface area (Å²) in [4.78, 5) is 19.9. The number of hydrogen-bond acceptors (Lipinski definition) is 3. The van der Waals surface area contributed by atoms with Crippen LogP contribution >= 0.6 is 23.2 Å². The first-order valence-electron chi connectivity index (χ1n) is 8.84. The molecule has 1 fully saturated rings. The Kier molecular flexibility index (Phi) is 6.33. The highest BCUT2D eigenvalue weighted by molar-refractivity contribution is 6.39. The van der Waals surface area contributed by atoms with Gasteiger partial charge in [0.25, 0.3) is 12.3 Å². The fourth-order valence-electron chi connectivity index (χ4n) is 3.44. The van der Waals surface area contributed by atoms with Crippen LogP contribution in [0.3, 0.4) is 0 Å². The summed E-state index contributed by atoms with van der Waals surface area (Å²) < 4.78 is 53.0. The number of halogens is 6. The van der Waals surface area contributed by atoms with Crippen molar-refractivity contribution < 1.29 is 22.4 Å². The first kappa shape index (κ1) is 21.8. The second-order valence-electron chi connectivity index (χ2n) is 7.05. The third-order valence-corrected chi connectivity index (χ3v) is 5.83. The number of carbonyl (C=O) groups excluding carboxylic acids is 1. The molecule has 29 heavy (non-hydrogen) atoms. The van der Waals surface area contributed by atoms with E-state index in [0.717, 1.165) is 0 Å². The molecule has 0 bridgehead atoms. The van der Waals surface area contributed by atoms with Crippen molar-refractivity contribution in [3.05, 3.63) is 57.6 Å². The Labute approximate surface area is 174 Å². The molecule has 1 aliphatic rings. The maximum absolute atomic E-state index is 13.8. The molecule has 0 saturated heterocycles. The minimum Gasteiger partial charge on any atom is -0.351 e. The van der Waals surface area contributed by atoms with Crippen LogP contribution in [-0.2, 0) is 5.41 Å². The lowest BCUT2D eigenvalue weighted by molar-refractivity contribution is -0.0517. The van der Waals surface area contributed by atoms with Crippen LogP contribution in [0.2, 0.25) is 10.0 Å². The molecule has 4 nitrogen and oxygen atoms in total. The van der Waals surface area contributed by atoms with E-state index in [2.05, 4.69) is 15.3 Å². The monoisotopic (exact) mass is 449 g/mol. The molecule has 156 valence electrons. The maximum atomic E-state index is 13.8. The van der Waals surface area contributed by atoms with Crippen LogP contribution in [0.4, 0.5) is 17.6 Å². The van der Waals surface area contributed by atoms with Crippen molar-refractivity contribution in [2.45, 2.75) is 43.4 Å². The van der Waals surface area contributed by atoms with E-state index >= 15 is 0 Å². The van der Waals surface area contributed by atoms with E-state index in [1.54, 1.807) is 6.07 Å². The molecular weight excluding hydrogens is 433 g/mol. The van der Waals surface area contributed by atoms with Crippen LogP contribution in [-0.4, -0.2) is 28.3 Å². The summed E-state index contributed by atoms with van der Waals surface area (Å²) in [5.74, 6) is -4.01. The molecule has 0 aliphatic heterocycles. The Morgan fingerprint density at radius 2 is 1.62 bits per heavy atom. The van der Waals surface area contributed by atoms with Crippen molar-refractivity contribution in [2.75, 3.05) is 6.54 Å². The minimum atomic E-state index is -2.84. The Hall–Kier alpha value is -1.93. The average Bonchev–Trinajstić information content (AvgIpc) is 2.67. The zero-order chi connectivity index (χ0) is 21.2. The lowest BCUT2D eigenvalue weighted by atomic mass is 9.69. The maximum Gasteiger partial charge on any atom is 0.297 e. The summed E-state index contributed by atoms with van der Waals surface area (Å²) in [7, 11) is 0. The van der Waals surface area contributed by atoms with E-state index in [4.69, 9.17) is 23.2 Å². The SMILES string of the molecule is O=C(NCC1(c2cnc(C(F)F)nc2)CCC(F)(F)CC1)c1c(Cl)cccc1Cl. The van der Waals surface area contributed by atoms with Gasteiger partial charge in [-0.05, 0) is 30.5 Å². The molecule has 0 radical (unpaired) electrons. The smallest absolute Gasteiger partial charge is 0.297 e. The van der Waals surface area contributed by atoms with Crippen LogP contribution in [0.25, 0.3) is 0 Å². The van der Waals surface area contributed by atoms with Gasteiger partial charge in [-0.25, -0.2) is 27.5 Å². The zero-order valence-electron chi connectivity index (χ0n) is 15.1. The molecule has 0 unspecified atom stereocenters. The van der Waals surface area contributed by atoms with Gasteiger partial charge in [0, 0.05) is 37.2 Å². The molecule has 0 atom stereocenters. The lowest BCUT2D eigenvalue weighted by Gasteiger charge is -2.40. The molecule has 3 rings (SSSR count). The Morgan fingerprint density at radius 1 is 1.07 bits per heavy atom. The van der Waals surface area contributed by atoms with Crippen LogP contribution in [0.15, 0.2) is 30.6 Å². The average molecular weight is 450 g/mol. The number of nitrogens with one attached hydrogen (secondary N) is 1. The minimum absolute atomic E-state index is 0.0130. The molecule has 1 saturated carbocycles. The zero-order valence-corrected chi connectivity index (χ0v) is 16.6. The van der Waals surface area contributed by atoms with Gasteiger partial charge in [0.15, 0.2) is 5.82 Å². The summed E-state index contributed by atoms with van der Waals surface area (Å²) >= 11 is 12.1. The number of alkyl halides is 4. The van der Waals surface area contributed by atoms with Crippen LogP contribution < -0.4 is 5.32 Å². The van der Waals surface area contributed by atoms with E-state index in [1.807, 2.05) is 0 Å². The normalized spacial score (nSPS) is 17.9. The van der Waals surface area contributed by atoms with Crippen LogP contribution in [0, 0.1) is 0 Å². The fraction of sp³-hybridized carbons (Fsp3) is 0.421. The van der Waals surface area contributed by atoms with Crippen molar-refractivity contribution in [3.8, 4) is 0 Å². The molecule has 1 amide bonds. The van der Waals surface area contributed by atoms with Gasteiger partial charge in [-0.1, -0.05) is 29.3 Å². The number of rotatable bonds is 5. The van der Waals surface area contributed by atoms with Gasteiger partial charge in [-0.2, -0.15) is 0 Å². The van der Waals surface area contributed by atoms with Gasteiger partial charge >= 0.3 is 0 Å². The largest absolute Gasteiger partial charge is 0.351 e. The van der Waals surface area contributed by atoms with Gasteiger partial charge < -0.3 is 5.32 Å². The molecule has 1 aromatic heterocycles. The summed E-state index contributed by atoms with van der Waals surface area (Å²) in [5, 5.41) is 3.01. The molecule has 1 aromatic carbocycles. The molecule has 1 heterocycles. The van der Waals surface area contributed by atoms with Gasteiger partial charge in [0.1, 0.15) is 0 Å². The Bertz CT molecular complexity index is 863. The third-order valence-electron chi connectivity index (χ3n) is 5.20. The van der Waals surface area contributed by atoms with E-state index in [9.17, 15) is 22.4 Å². The van der Waals surface area contributed by atoms with E-state index in [0.29, 0.717) is 5.56 Å². The Balaban J connectivity index is 1.85. The standard InChI is InChI=1S/C19H17Cl2F4N3O/c20-12-2-1-3-13(21)14(12)17(29)28-10-18(4-6-19(24,25)7-5-18)11-8-26-16(15(22)23)27-9-11/h1-3,8-9,15H,4-7,10H2,(H,28,29). The van der Waals surface area contributed by atoms with Crippen molar-refractivity contribution in [3.63, 3.8) is 0 Å². The van der Waals surface area contributed by atoms with Crippen LogP contribution in [0.5, 0.6) is 0 Å². The van der Waals surface area contributed by atoms with E-state index in [1.165, 1.54) is 24.5 Å². The second kappa shape index (κ2) is 8.44. The number of benzene rings is 1. The molecule has 2 aromatic rings. The number of hydrogen-bond donors (Lipinski definition) is 1. The van der Waals surface area contributed by atoms with E-state index < -0.39 is 42.3 Å². The molecule has 1 N–H and O–H groups in total. The lowest BCUT2D eigenvalue weighted by Crippen LogP contribution is -2.45. The Morgan fingerprint density at radius 3 is 2.14 bits per heavy atom. The van der Waals surface area contributed by atoms with Crippen molar-refractivity contribution in [1.29, 1.82) is 0 Å². The van der Waals surface area contributed by atoms with E-state index in [-0.39, 0.29) is 35.0 Å². The quantitative estimate of drug-likeness (QED) is 0.604. The summed E-state index contributed by atoms with van der Waals surface area (Å²) in [6.07, 6.45) is -1.13. The predicted octanol–water partition coefficient (Wildman–Crippen LogP) is 5.60. The van der Waals surface area contributed by atoms with Gasteiger partial charge in [-0.15, -0.1) is 0 Å². The first-order chi connectivity index (χ1) is 13.6. The molecule has 10 heteroatoms. The number of nitrogens with zero attached hydrogens (tertiary/aromatic N) is 2. The molecule has 1 aliphatic carbocycles. The second-order valence-corrected chi connectivity index (χ2v) is 7.86. The highest BCUT2D eigenvalue weighted by atomic mass is 35.5. The van der Waals surface area contributed by atoms with Gasteiger partial charge in [0.2, 0.25) is 5.92 Å². The van der Waals surface area contributed by atoms with Crippen LogP contribution in [0.1, 0.15) is 53.9 Å². The first-order valence-corrected chi connectivity index (χ1v) is 9.60. The number of amides is 1. The summed E-state index contributed by atoms with van der Waals surface area (Å²) in [6, 6.07) is 4.61.